The minimum absolute atomic E-state index is 0. The number of guanidine groups is 1. The molecule has 1 aromatic carbocycles. The number of ether oxygens (including phenoxy) is 3. The molecule has 2 rings (SSSR count). The van der Waals surface area contributed by atoms with Gasteiger partial charge in [0.15, 0.2) is 5.96 Å². The Hall–Kier alpha value is -1.10. The van der Waals surface area contributed by atoms with E-state index in [0.29, 0.717) is 25.7 Å². The maximum atomic E-state index is 6.01. The molecular weight excluding hydrogens is 519 g/mol. The lowest BCUT2D eigenvalue weighted by Gasteiger charge is -2.31. The summed E-state index contributed by atoms with van der Waals surface area (Å²) in [5.41, 5.74) is 1.21. The lowest BCUT2D eigenvalue weighted by atomic mass is 9.89. The Balaban J connectivity index is 0.00000512. The van der Waals surface area contributed by atoms with Crippen LogP contribution in [-0.4, -0.2) is 77.1 Å². The van der Waals surface area contributed by atoms with E-state index in [9.17, 15) is 0 Å². The average Bonchev–Trinajstić information content (AvgIpc) is 2.76. The fourth-order valence-electron chi connectivity index (χ4n) is 3.70. The van der Waals surface area contributed by atoms with Crippen molar-refractivity contribution < 1.29 is 14.2 Å². The lowest BCUT2D eigenvalue weighted by Crippen LogP contribution is -2.45. The molecule has 8 heteroatoms. The number of likely N-dealkylation sites (N-methyl/N-ethyl adjacent to an activating group) is 1. The summed E-state index contributed by atoms with van der Waals surface area (Å²) in [4.78, 5) is 6.70. The number of hydrogen-bond acceptors (Lipinski definition) is 5. The van der Waals surface area contributed by atoms with Gasteiger partial charge in [-0.2, -0.15) is 0 Å². The highest BCUT2D eigenvalue weighted by Crippen LogP contribution is 2.21. The van der Waals surface area contributed by atoms with Gasteiger partial charge in [-0.25, -0.2) is 0 Å². The van der Waals surface area contributed by atoms with E-state index in [-0.39, 0.29) is 35.5 Å². The number of hydrogen-bond donors (Lipinski definition) is 2. The molecule has 0 spiro atoms. The van der Waals surface area contributed by atoms with Crippen LogP contribution in [0.2, 0.25) is 0 Å². The van der Waals surface area contributed by atoms with E-state index in [4.69, 9.17) is 14.2 Å². The van der Waals surface area contributed by atoms with Gasteiger partial charge >= 0.3 is 0 Å². The zero-order valence-corrected chi connectivity index (χ0v) is 23.0. The molecule has 2 N–H and O–H groups in total. The quantitative estimate of drug-likeness (QED) is 0.259. The number of nitrogens with one attached hydrogen (secondary N) is 2. The first-order valence-corrected chi connectivity index (χ1v) is 11.3. The van der Waals surface area contributed by atoms with Gasteiger partial charge in [0.05, 0.1) is 6.10 Å². The Bertz CT molecular complexity index is 675. The molecule has 1 aliphatic rings. The second kappa shape index (κ2) is 14.9. The van der Waals surface area contributed by atoms with Crippen molar-refractivity contribution in [3.63, 3.8) is 0 Å². The first-order chi connectivity index (χ1) is 14.8. The minimum atomic E-state index is 0. The van der Waals surface area contributed by atoms with Crippen LogP contribution in [-0.2, 0) is 16.0 Å². The molecule has 0 bridgehead atoms. The zero-order chi connectivity index (χ0) is 22.7. The summed E-state index contributed by atoms with van der Waals surface area (Å²) in [6.07, 6.45) is 2.31. The highest BCUT2D eigenvalue weighted by atomic mass is 127. The first kappa shape index (κ1) is 28.9. The molecule has 1 saturated heterocycles. The molecule has 0 amide bonds. The third-order valence-corrected chi connectivity index (χ3v) is 5.81. The molecule has 1 heterocycles. The van der Waals surface area contributed by atoms with Crippen molar-refractivity contribution in [1.29, 1.82) is 0 Å². The molecule has 1 unspecified atom stereocenters. The Morgan fingerprint density at radius 1 is 1.25 bits per heavy atom. The predicted octanol–water partition coefficient (Wildman–Crippen LogP) is 3.52. The van der Waals surface area contributed by atoms with E-state index in [1.165, 1.54) is 0 Å². The summed E-state index contributed by atoms with van der Waals surface area (Å²) in [7, 11) is 5.70. The third-order valence-electron chi connectivity index (χ3n) is 5.81. The molecule has 1 aliphatic heterocycles. The molecule has 0 aromatic heterocycles. The number of rotatable bonds is 10. The van der Waals surface area contributed by atoms with Crippen LogP contribution >= 0.6 is 24.0 Å². The smallest absolute Gasteiger partial charge is 0.191 e. The van der Waals surface area contributed by atoms with E-state index in [1.807, 2.05) is 12.1 Å². The van der Waals surface area contributed by atoms with Gasteiger partial charge in [-0.3, -0.25) is 9.89 Å². The molecule has 0 saturated carbocycles. The van der Waals surface area contributed by atoms with Crippen molar-refractivity contribution in [2.24, 2.45) is 10.4 Å². The minimum Gasteiger partial charge on any atom is -0.492 e. The third kappa shape index (κ3) is 10.2. The molecule has 1 aromatic rings. The fourth-order valence-corrected chi connectivity index (χ4v) is 3.70. The van der Waals surface area contributed by atoms with Crippen LogP contribution in [0.3, 0.4) is 0 Å². The van der Waals surface area contributed by atoms with Crippen molar-refractivity contribution in [3.8, 4) is 5.75 Å². The van der Waals surface area contributed by atoms with Gasteiger partial charge in [-0.1, -0.05) is 32.9 Å². The normalized spacial score (nSPS) is 16.4. The highest BCUT2D eigenvalue weighted by molar-refractivity contribution is 14.0. The largest absolute Gasteiger partial charge is 0.492 e. The molecule has 0 radical (unpaired) electrons. The van der Waals surface area contributed by atoms with E-state index in [1.54, 1.807) is 14.2 Å². The van der Waals surface area contributed by atoms with Gasteiger partial charge in [-0.05, 0) is 43.0 Å². The second-order valence-electron chi connectivity index (χ2n) is 9.22. The summed E-state index contributed by atoms with van der Waals surface area (Å²) < 4.78 is 17.1. The topological polar surface area (TPSA) is 67.4 Å². The molecule has 1 fully saturated rings. The second-order valence-corrected chi connectivity index (χ2v) is 9.22. The Morgan fingerprint density at radius 3 is 2.59 bits per heavy atom. The summed E-state index contributed by atoms with van der Waals surface area (Å²) in [5.74, 6) is 1.66. The van der Waals surface area contributed by atoms with Gasteiger partial charge in [0.1, 0.15) is 12.4 Å². The summed E-state index contributed by atoms with van der Waals surface area (Å²) in [5, 5.41) is 6.73. The summed E-state index contributed by atoms with van der Waals surface area (Å²) in [6.45, 7) is 11.2. The Kier molecular flexibility index (Phi) is 13.5. The monoisotopic (exact) mass is 562 g/mol. The van der Waals surface area contributed by atoms with Gasteiger partial charge in [-0.15, -0.1) is 24.0 Å². The van der Waals surface area contributed by atoms with Crippen molar-refractivity contribution in [2.75, 3.05) is 54.1 Å². The van der Waals surface area contributed by atoms with Crippen LogP contribution in [0.5, 0.6) is 5.75 Å². The molecule has 0 aliphatic carbocycles. The zero-order valence-electron chi connectivity index (χ0n) is 20.6. The lowest BCUT2D eigenvalue weighted by molar-refractivity contribution is 0.0205. The standard InChI is InChI=1S/C24H42N4O3.HI/c1-24(2,3)22(29-6)18-27-23(25-4)26-17-19-8-7-9-21(16-19)31-15-12-28(5)20-10-13-30-14-11-20;/h7-9,16,20,22H,10-15,17-18H2,1-6H3,(H2,25,26,27);1H. The maximum absolute atomic E-state index is 6.01. The van der Waals surface area contributed by atoms with Gasteiger partial charge in [0, 0.05) is 53.0 Å². The summed E-state index contributed by atoms with van der Waals surface area (Å²) in [6, 6.07) is 8.82. The Morgan fingerprint density at radius 2 is 1.97 bits per heavy atom. The van der Waals surface area contributed by atoms with Crippen molar-refractivity contribution in [3.05, 3.63) is 29.8 Å². The molecule has 184 valence electrons. The van der Waals surface area contributed by atoms with Crippen molar-refractivity contribution in [1.82, 2.24) is 15.5 Å². The number of aliphatic imine (C=N–C) groups is 1. The van der Waals surface area contributed by atoms with Crippen LogP contribution in [0.25, 0.3) is 0 Å². The van der Waals surface area contributed by atoms with Crippen molar-refractivity contribution in [2.45, 2.75) is 52.3 Å². The van der Waals surface area contributed by atoms with Crippen LogP contribution < -0.4 is 15.4 Å². The summed E-state index contributed by atoms with van der Waals surface area (Å²) >= 11 is 0. The number of benzene rings is 1. The molecule has 32 heavy (non-hydrogen) atoms. The first-order valence-electron chi connectivity index (χ1n) is 11.3. The fraction of sp³-hybridized carbons (Fsp3) is 0.708. The van der Waals surface area contributed by atoms with Gasteiger partial charge < -0.3 is 24.8 Å². The van der Waals surface area contributed by atoms with Crippen LogP contribution in [0, 0.1) is 5.41 Å². The van der Waals surface area contributed by atoms with E-state index in [0.717, 1.165) is 49.9 Å². The van der Waals surface area contributed by atoms with E-state index < -0.39 is 0 Å². The van der Waals surface area contributed by atoms with Crippen LogP contribution in [0.4, 0.5) is 0 Å². The number of halogens is 1. The van der Waals surface area contributed by atoms with Gasteiger partial charge in [0.2, 0.25) is 0 Å². The highest BCUT2D eigenvalue weighted by Gasteiger charge is 2.24. The Labute approximate surface area is 211 Å². The maximum Gasteiger partial charge on any atom is 0.191 e. The predicted molar refractivity (Wildman–Crippen MR) is 142 cm³/mol. The van der Waals surface area contributed by atoms with Gasteiger partial charge in [0.25, 0.3) is 0 Å². The van der Waals surface area contributed by atoms with E-state index in [2.05, 4.69) is 60.5 Å². The number of nitrogens with zero attached hydrogens (tertiary/aromatic N) is 2. The molecule has 7 nitrogen and oxygen atoms in total. The van der Waals surface area contributed by atoms with Crippen molar-refractivity contribution >= 4 is 29.9 Å². The van der Waals surface area contributed by atoms with Crippen LogP contribution in [0.15, 0.2) is 29.3 Å². The van der Waals surface area contributed by atoms with Crippen LogP contribution in [0.1, 0.15) is 39.2 Å². The van der Waals surface area contributed by atoms with E-state index >= 15 is 0 Å². The molecular formula is C24H43IN4O3. The average molecular weight is 563 g/mol. The molecule has 1 atom stereocenters. The number of methoxy groups -OCH3 is 1. The SMILES string of the molecule is CN=C(NCc1cccc(OCCN(C)C2CCOCC2)c1)NCC(OC)C(C)(C)C.I.